The van der Waals surface area contributed by atoms with Crippen LogP contribution < -0.4 is 5.32 Å². The first kappa shape index (κ1) is 17.9. The van der Waals surface area contributed by atoms with Gasteiger partial charge < -0.3 is 19.0 Å². The molecule has 1 N–H and O–H groups in total. The van der Waals surface area contributed by atoms with E-state index in [0.29, 0.717) is 24.1 Å². The molecule has 0 fully saturated rings. The number of carbonyl (C=O) groups is 1. The van der Waals surface area contributed by atoms with E-state index in [4.69, 9.17) is 13.7 Å². The summed E-state index contributed by atoms with van der Waals surface area (Å²) >= 11 is 0. The van der Waals surface area contributed by atoms with Gasteiger partial charge in [0.1, 0.15) is 12.6 Å². The fourth-order valence-electron chi connectivity index (χ4n) is 2.43. The fourth-order valence-corrected chi connectivity index (χ4v) is 2.43. The van der Waals surface area contributed by atoms with E-state index in [2.05, 4.69) is 15.5 Å². The van der Waals surface area contributed by atoms with Gasteiger partial charge in [0.15, 0.2) is 5.76 Å². The predicted octanol–water partition coefficient (Wildman–Crippen LogP) is 3.36. The number of benzene rings is 1. The molecule has 0 spiro atoms. The lowest BCUT2D eigenvalue weighted by Gasteiger charge is -2.18. The quantitative estimate of drug-likeness (QED) is 0.666. The molecule has 0 saturated carbocycles. The molecule has 2 heterocycles. The first-order valence-corrected chi connectivity index (χ1v) is 8.42. The second kappa shape index (κ2) is 8.44. The minimum absolute atomic E-state index is 0.0444. The molecule has 7 nitrogen and oxygen atoms in total. The van der Waals surface area contributed by atoms with Crippen LogP contribution in [0.1, 0.15) is 31.3 Å². The molecule has 0 radical (unpaired) electrons. The van der Waals surface area contributed by atoms with Crippen LogP contribution in [-0.2, 0) is 16.1 Å². The summed E-state index contributed by atoms with van der Waals surface area (Å²) in [6, 6.07) is 12.8. The lowest BCUT2D eigenvalue weighted by atomic mass is 10.0. The van der Waals surface area contributed by atoms with Crippen LogP contribution in [0.4, 0.5) is 0 Å². The number of nitrogens with one attached hydrogen (secondary N) is 1. The van der Waals surface area contributed by atoms with Crippen LogP contribution in [0.3, 0.4) is 0 Å². The van der Waals surface area contributed by atoms with Gasteiger partial charge in [0.05, 0.1) is 12.9 Å². The van der Waals surface area contributed by atoms with E-state index >= 15 is 0 Å². The van der Waals surface area contributed by atoms with Gasteiger partial charge in [-0.25, -0.2) is 0 Å². The largest absolute Gasteiger partial charge is 0.461 e. The van der Waals surface area contributed by atoms with Gasteiger partial charge in [0.2, 0.25) is 17.6 Å². The first-order chi connectivity index (χ1) is 12.6. The molecule has 0 aliphatic heterocycles. The van der Waals surface area contributed by atoms with Crippen molar-refractivity contribution in [3.63, 3.8) is 0 Å². The number of rotatable bonds is 8. The second-order valence-corrected chi connectivity index (χ2v) is 6.20. The highest BCUT2D eigenvalue weighted by Gasteiger charge is 2.25. The Labute approximate surface area is 151 Å². The Morgan fingerprint density at radius 1 is 1.19 bits per heavy atom. The molecule has 3 aromatic rings. The average molecular weight is 355 g/mol. The number of aromatic nitrogens is 2. The molecule has 2 aromatic heterocycles. The third-order valence-electron chi connectivity index (χ3n) is 3.78. The molecular weight excluding hydrogens is 334 g/mol. The Morgan fingerprint density at radius 2 is 2.00 bits per heavy atom. The van der Waals surface area contributed by atoms with E-state index in [1.165, 1.54) is 6.26 Å². The number of carbonyl (C=O) groups excluding carboxylic acids is 1. The Kier molecular flexibility index (Phi) is 5.80. The highest BCUT2D eigenvalue weighted by Crippen LogP contribution is 2.23. The van der Waals surface area contributed by atoms with Crippen LogP contribution in [0.2, 0.25) is 0 Å². The second-order valence-electron chi connectivity index (χ2n) is 6.20. The maximum absolute atomic E-state index is 12.2. The molecule has 1 atom stereocenters. The number of furan rings is 1. The third kappa shape index (κ3) is 4.58. The molecular formula is C19H21N3O4. The zero-order valence-corrected chi connectivity index (χ0v) is 14.7. The van der Waals surface area contributed by atoms with Crippen molar-refractivity contribution in [3.8, 4) is 11.6 Å². The molecule has 0 bridgehead atoms. The van der Waals surface area contributed by atoms with Crippen molar-refractivity contribution in [3.05, 3.63) is 60.2 Å². The molecule has 0 aliphatic carbocycles. The van der Waals surface area contributed by atoms with Crippen molar-refractivity contribution < 1.29 is 18.5 Å². The summed E-state index contributed by atoms with van der Waals surface area (Å²) in [5.41, 5.74) is 1.01. The molecule has 1 aromatic carbocycles. The van der Waals surface area contributed by atoms with Crippen LogP contribution >= 0.6 is 0 Å². The molecule has 136 valence electrons. The number of hydrogen-bond donors (Lipinski definition) is 1. The van der Waals surface area contributed by atoms with Gasteiger partial charge in [0.25, 0.3) is 0 Å². The molecule has 3 rings (SSSR count). The van der Waals surface area contributed by atoms with Crippen molar-refractivity contribution in [1.29, 1.82) is 0 Å². The topological polar surface area (TPSA) is 90.4 Å². The Morgan fingerprint density at radius 3 is 2.69 bits per heavy atom. The van der Waals surface area contributed by atoms with Crippen molar-refractivity contribution in [1.82, 2.24) is 15.5 Å². The smallest absolute Gasteiger partial charge is 0.249 e. The summed E-state index contributed by atoms with van der Waals surface area (Å²) < 4.78 is 16.0. The van der Waals surface area contributed by atoms with Crippen molar-refractivity contribution >= 4 is 5.91 Å². The standard InChI is InChI=1S/C19H21N3O4/c1-13(2)17(19-21-18(22-26-19)15-9-6-10-25-15)20-16(23)12-24-11-14-7-4-3-5-8-14/h3-10,13,17H,11-12H2,1-2H3,(H,20,23)/t17-/m0/s1. The van der Waals surface area contributed by atoms with Gasteiger partial charge in [-0.1, -0.05) is 49.3 Å². The van der Waals surface area contributed by atoms with Crippen LogP contribution in [0.15, 0.2) is 57.7 Å². The summed E-state index contributed by atoms with van der Waals surface area (Å²) in [5.74, 6) is 1.03. The third-order valence-corrected chi connectivity index (χ3v) is 3.78. The van der Waals surface area contributed by atoms with E-state index in [9.17, 15) is 4.79 Å². The molecule has 7 heteroatoms. The lowest BCUT2D eigenvalue weighted by molar-refractivity contribution is -0.127. The molecule has 26 heavy (non-hydrogen) atoms. The molecule has 1 amide bonds. The minimum Gasteiger partial charge on any atom is -0.461 e. The number of ether oxygens (including phenoxy) is 1. The van der Waals surface area contributed by atoms with Gasteiger partial charge in [-0.05, 0) is 23.6 Å². The Bertz CT molecular complexity index is 812. The molecule has 0 unspecified atom stereocenters. The summed E-state index contributed by atoms with van der Waals surface area (Å²) in [7, 11) is 0. The summed E-state index contributed by atoms with van der Waals surface area (Å²) in [6.45, 7) is 4.26. The highest BCUT2D eigenvalue weighted by molar-refractivity contribution is 5.77. The van der Waals surface area contributed by atoms with Gasteiger partial charge in [0, 0.05) is 0 Å². The Balaban J connectivity index is 1.57. The zero-order valence-electron chi connectivity index (χ0n) is 14.7. The first-order valence-electron chi connectivity index (χ1n) is 8.42. The summed E-state index contributed by atoms with van der Waals surface area (Å²) in [6.07, 6.45) is 1.54. The fraction of sp³-hybridized carbons (Fsp3) is 0.316. The maximum Gasteiger partial charge on any atom is 0.249 e. The van der Waals surface area contributed by atoms with Crippen molar-refractivity contribution in [2.75, 3.05) is 6.61 Å². The van der Waals surface area contributed by atoms with E-state index in [1.807, 2.05) is 44.2 Å². The van der Waals surface area contributed by atoms with Crippen LogP contribution in [0.25, 0.3) is 11.6 Å². The SMILES string of the molecule is CC(C)[C@H](NC(=O)COCc1ccccc1)c1nc(-c2ccco2)no1. The normalized spacial score (nSPS) is 12.3. The summed E-state index contributed by atoms with van der Waals surface area (Å²) in [4.78, 5) is 16.5. The monoisotopic (exact) mass is 355 g/mol. The predicted molar refractivity (Wildman–Crippen MR) is 93.8 cm³/mol. The van der Waals surface area contributed by atoms with E-state index in [1.54, 1.807) is 12.1 Å². The summed E-state index contributed by atoms with van der Waals surface area (Å²) in [5, 5.41) is 6.80. The van der Waals surface area contributed by atoms with Crippen LogP contribution in [-0.4, -0.2) is 22.7 Å². The van der Waals surface area contributed by atoms with E-state index in [0.717, 1.165) is 5.56 Å². The zero-order chi connectivity index (χ0) is 18.4. The van der Waals surface area contributed by atoms with Gasteiger partial charge >= 0.3 is 0 Å². The van der Waals surface area contributed by atoms with E-state index in [-0.39, 0.29) is 18.4 Å². The molecule has 0 saturated heterocycles. The van der Waals surface area contributed by atoms with Crippen LogP contribution in [0.5, 0.6) is 0 Å². The van der Waals surface area contributed by atoms with Gasteiger partial charge in [-0.15, -0.1) is 0 Å². The Hall–Kier alpha value is -2.93. The average Bonchev–Trinajstić information content (AvgIpc) is 3.32. The molecule has 0 aliphatic rings. The maximum atomic E-state index is 12.2. The van der Waals surface area contributed by atoms with Crippen molar-refractivity contribution in [2.24, 2.45) is 5.92 Å². The van der Waals surface area contributed by atoms with Gasteiger partial charge in [-0.3, -0.25) is 4.79 Å². The number of nitrogens with zero attached hydrogens (tertiary/aromatic N) is 2. The highest BCUT2D eigenvalue weighted by atomic mass is 16.5. The number of hydrogen-bond acceptors (Lipinski definition) is 6. The van der Waals surface area contributed by atoms with Crippen LogP contribution in [0, 0.1) is 5.92 Å². The number of amides is 1. The lowest BCUT2D eigenvalue weighted by Crippen LogP contribution is -2.34. The van der Waals surface area contributed by atoms with Crippen molar-refractivity contribution in [2.45, 2.75) is 26.5 Å². The van der Waals surface area contributed by atoms with E-state index < -0.39 is 6.04 Å². The minimum atomic E-state index is -0.404. The van der Waals surface area contributed by atoms with Gasteiger partial charge in [-0.2, -0.15) is 4.98 Å².